The van der Waals surface area contributed by atoms with Crippen LogP contribution < -0.4 is 0 Å². The normalized spacial score (nSPS) is 11.3. The topological polar surface area (TPSA) is 25.2 Å². The van der Waals surface area contributed by atoms with Gasteiger partial charge in [-0.3, -0.25) is 0 Å². The van der Waals surface area contributed by atoms with Gasteiger partial charge < -0.3 is 9.67 Å². The smallest absolute Gasteiger partial charge is 0.140 e. The average molecular weight is 287 g/mol. The molecule has 0 bridgehead atoms. The van der Waals surface area contributed by atoms with E-state index in [4.69, 9.17) is 0 Å². The van der Waals surface area contributed by atoms with E-state index in [1.54, 1.807) is 6.07 Å². The molecule has 0 aliphatic heterocycles. The van der Waals surface area contributed by atoms with Gasteiger partial charge in [-0.05, 0) is 29.5 Å². The molecule has 22 heavy (non-hydrogen) atoms. The Morgan fingerprint density at radius 1 is 0.864 bits per heavy atom. The minimum atomic E-state index is 0.308. The molecule has 0 unspecified atom stereocenters. The van der Waals surface area contributed by atoms with Crippen LogP contribution in [0.25, 0.3) is 27.4 Å². The van der Waals surface area contributed by atoms with Crippen LogP contribution in [0.2, 0.25) is 0 Å². The van der Waals surface area contributed by atoms with E-state index in [-0.39, 0.29) is 0 Å². The third-order valence-corrected chi connectivity index (χ3v) is 4.30. The van der Waals surface area contributed by atoms with Crippen molar-refractivity contribution in [3.8, 4) is 11.4 Å². The van der Waals surface area contributed by atoms with E-state index in [1.807, 2.05) is 24.3 Å². The second kappa shape index (κ2) is 4.92. The maximum absolute atomic E-state index is 10.5. The predicted octanol–water partition coefficient (Wildman–Crippen LogP) is 5.05. The molecule has 108 valence electrons. The molecular formula is C20H17NO. The fourth-order valence-electron chi connectivity index (χ4n) is 3.21. The number of aromatic hydroxyl groups is 1. The quantitative estimate of drug-likeness (QED) is 0.548. The first-order valence-corrected chi connectivity index (χ1v) is 7.59. The number of hydrogen-bond acceptors (Lipinski definition) is 1. The lowest BCUT2D eigenvalue weighted by molar-refractivity contribution is 0.473. The van der Waals surface area contributed by atoms with Crippen LogP contribution in [0, 0.1) is 0 Å². The SMILES string of the molecule is CCc1cn(-c2c(O)ccc3ccccc23)c2ccccc12. The molecule has 0 aliphatic rings. The highest BCUT2D eigenvalue weighted by Crippen LogP contribution is 2.34. The summed E-state index contributed by atoms with van der Waals surface area (Å²) in [5.74, 6) is 0.308. The van der Waals surface area contributed by atoms with E-state index in [1.165, 1.54) is 10.9 Å². The molecule has 0 amide bonds. The first-order valence-electron chi connectivity index (χ1n) is 7.59. The van der Waals surface area contributed by atoms with Crippen LogP contribution in [-0.4, -0.2) is 9.67 Å². The molecule has 1 aromatic heterocycles. The lowest BCUT2D eigenvalue weighted by Crippen LogP contribution is -1.94. The van der Waals surface area contributed by atoms with Crippen molar-refractivity contribution in [2.75, 3.05) is 0 Å². The molecule has 2 nitrogen and oxygen atoms in total. The highest BCUT2D eigenvalue weighted by Gasteiger charge is 2.13. The van der Waals surface area contributed by atoms with Gasteiger partial charge in [-0.25, -0.2) is 0 Å². The molecule has 0 aliphatic carbocycles. The molecule has 1 heterocycles. The highest BCUT2D eigenvalue weighted by atomic mass is 16.3. The van der Waals surface area contributed by atoms with E-state index in [0.29, 0.717) is 5.75 Å². The fourth-order valence-corrected chi connectivity index (χ4v) is 3.21. The van der Waals surface area contributed by atoms with Crippen molar-refractivity contribution in [1.82, 2.24) is 4.57 Å². The number of phenols is 1. The van der Waals surface area contributed by atoms with Gasteiger partial charge in [0.1, 0.15) is 5.75 Å². The number of para-hydroxylation sites is 1. The monoisotopic (exact) mass is 287 g/mol. The van der Waals surface area contributed by atoms with Crippen LogP contribution in [0.4, 0.5) is 0 Å². The Kier molecular flexibility index (Phi) is 2.90. The van der Waals surface area contributed by atoms with Gasteiger partial charge in [-0.1, -0.05) is 55.5 Å². The van der Waals surface area contributed by atoms with Crippen molar-refractivity contribution in [2.24, 2.45) is 0 Å². The predicted molar refractivity (Wildman–Crippen MR) is 91.8 cm³/mol. The Morgan fingerprint density at radius 2 is 1.59 bits per heavy atom. The number of rotatable bonds is 2. The number of aromatic nitrogens is 1. The van der Waals surface area contributed by atoms with Crippen molar-refractivity contribution >= 4 is 21.7 Å². The number of fused-ring (bicyclic) bond motifs is 2. The fraction of sp³-hybridized carbons (Fsp3) is 0.100. The second-order valence-electron chi connectivity index (χ2n) is 5.55. The molecule has 3 aromatic carbocycles. The van der Waals surface area contributed by atoms with Gasteiger partial charge in [-0.2, -0.15) is 0 Å². The van der Waals surface area contributed by atoms with Crippen molar-refractivity contribution in [2.45, 2.75) is 13.3 Å². The highest BCUT2D eigenvalue weighted by molar-refractivity contribution is 5.96. The summed E-state index contributed by atoms with van der Waals surface area (Å²) in [6.45, 7) is 2.16. The second-order valence-corrected chi connectivity index (χ2v) is 5.55. The summed E-state index contributed by atoms with van der Waals surface area (Å²) in [6, 6.07) is 20.3. The summed E-state index contributed by atoms with van der Waals surface area (Å²) in [5.41, 5.74) is 3.28. The largest absolute Gasteiger partial charge is 0.506 e. The maximum atomic E-state index is 10.5. The van der Waals surface area contributed by atoms with E-state index >= 15 is 0 Å². The van der Waals surface area contributed by atoms with Crippen LogP contribution in [0.1, 0.15) is 12.5 Å². The number of hydrogen-bond donors (Lipinski definition) is 1. The average Bonchev–Trinajstić information content (AvgIpc) is 2.93. The zero-order chi connectivity index (χ0) is 15.1. The number of aryl methyl sites for hydroxylation is 1. The third-order valence-electron chi connectivity index (χ3n) is 4.30. The Balaban J connectivity index is 2.14. The number of nitrogens with zero attached hydrogens (tertiary/aromatic N) is 1. The molecule has 2 heteroatoms. The van der Waals surface area contributed by atoms with Crippen LogP contribution in [-0.2, 0) is 6.42 Å². The molecule has 0 fully saturated rings. The molecule has 4 rings (SSSR count). The van der Waals surface area contributed by atoms with E-state index < -0.39 is 0 Å². The Morgan fingerprint density at radius 3 is 2.41 bits per heavy atom. The van der Waals surface area contributed by atoms with Gasteiger partial charge in [0.2, 0.25) is 0 Å². The van der Waals surface area contributed by atoms with Crippen LogP contribution in [0.5, 0.6) is 5.75 Å². The van der Waals surface area contributed by atoms with Gasteiger partial charge in [0.15, 0.2) is 0 Å². The summed E-state index contributed by atoms with van der Waals surface area (Å²) < 4.78 is 2.12. The molecule has 0 atom stereocenters. The Hall–Kier alpha value is -2.74. The number of phenolic OH excluding ortho intramolecular Hbond substituents is 1. The zero-order valence-corrected chi connectivity index (χ0v) is 12.5. The summed E-state index contributed by atoms with van der Waals surface area (Å²) in [7, 11) is 0. The van der Waals surface area contributed by atoms with Gasteiger partial charge in [0.05, 0.1) is 11.2 Å². The maximum Gasteiger partial charge on any atom is 0.140 e. The van der Waals surface area contributed by atoms with E-state index in [9.17, 15) is 5.11 Å². The minimum absolute atomic E-state index is 0.308. The summed E-state index contributed by atoms with van der Waals surface area (Å²) >= 11 is 0. The molecule has 0 spiro atoms. The number of benzene rings is 3. The van der Waals surface area contributed by atoms with Crippen molar-refractivity contribution in [3.63, 3.8) is 0 Å². The van der Waals surface area contributed by atoms with Crippen molar-refractivity contribution < 1.29 is 5.11 Å². The Labute approximate surface area is 129 Å². The third kappa shape index (κ3) is 1.81. The minimum Gasteiger partial charge on any atom is -0.506 e. The summed E-state index contributed by atoms with van der Waals surface area (Å²) in [6.07, 6.45) is 3.12. The van der Waals surface area contributed by atoms with E-state index in [0.717, 1.165) is 28.4 Å². The van der Waals surface area contributed by atoms with Crippen LogP contribution in [0.15, 0.2) is 66.9 Å². The standard InChI is InChI=1S/C20H17NO/c1-2-14-13-21(18-10-6-5-8-16(14)18)20-17-9-4-3-7-15(17)11-12-19(20)22/h3-13,22H,2H2,1H3. The molecule has 1 N–H and O–H groups in total. The zero-order valence-electron chi connectivity index (χ0n) is 12.5. The molecule has 4 aromatic rings. The van der Waals surface area contributed by atoms with Gasteiger partial charge >= 0.3 is 0 Å². The molecular weight excluding hydrogens is 270 g/mol. The van der Waals surface area contributed by atoms with Crippen LogP contribution in [0.3, 0.4) is 0 Å². The lowest BCUT2D eigenvalue weighted by atomic mass is 10.1. The molecule has 0 saturated heterocycles. The molecule has 0 radical (unpaired) electrons. The van der Waals surface area contributed by atoms with Crippen LogP contribution >= 0.6 is 0 Å². The summed E-state index contributed by atoms with van der Waals surface area (Å²) in [4.78, 5) is 0. The van der Waals surface area contributed by atoms with Gasteiger partial charge in [0, 0.05) is 17.0 Å². The van der Waals surface area contributed by atoms with Crippen molar-refractivity contribution in [3.05, 3.63) is 72.4 Å². The van der Waals surface area contributed by atoms with Gasteiger partial charge in [-0.15, -0.1) is 0 Å². The van der Waals surface area contributed by atoms with Gasteiger partial charge in [0.25, 0.3) is 0 Å². The molecule has 0 saturated carbocycles. The summed E-state index contributed by atoms with van der Waals surface area (Å²) in [5, 5.41) is 13.9. The first kappa shape index (κ1) is 13.0. The van der Waals surface area contributed by atoms with Crippen molar-refractivity contribution in [1.29, 1.82) is 0 Å². The lowest BCUT2D eigenvalue weighted by Gasteiger charge is -2.11. The first-order chi connectivity index (χ1) is 10.8. The Bertz CT molecular complexity index is 982. The van der Waals surface area contributed by atoms with E-state index in [2.05, 4.69) is 48.0 Å².